The normalized spacial score (nSPS) is 15.9. The molecule has 1 saturated carbocycles. The van der Waals surface area contributed by atoms with Gasteiger partial charge in [-0.1, -0.05) is 0 Å². The van der Waals surface area contributed by atoms with Crippen LogP contribution in [0.1, 0.15) is 36.2 Å². The van der Waals surface area contributed by atoms with E-state index in [4.69, 9.17) is 4.74 Å². The van der Waals surface area contributed by atoms with Crippen molar-refractivity contribution in [2.45, 2.75) is 39.0 Å². The lowest BCUT2D eigenvalue weighted by Crippen LogP contribution is -2.01. The zero-order valence-corrected chi connectivity index (χ0v) is 12.5. The van der Waals surface area contributed by atoms with Crippen molar-refractivity contribution in [1.29, 1.82) is 0 Å². The van der Waals surface area contributed by atoms with Crippen molar-refractivity contribution in [3.05, 3.63) is 47.7 Å². The molecule has 21 heavy (non-hydrogen) atoms. The molecule has 0 aliphatic heterocycles. The molecule has 0 saturated heterocycles. The number of rotatable bonds is 3. The number of aryl methyl sites for hydroxylation is 3. The Labute approximate surface area is 125 Å². The standard InChI is InChI=1S/C9H12N2O.C8H9N/c1-7-10-5-4-9(11-7)12-6-8-2-3-8;1-2-7-4-5-9-6-8(7)3-1/h4-5,8H,2-3,6H2,1H3;4-6H,1-3H2. The van der Waals surface area contributed by atoms with Crippen LogP contribution in [0.5, 0.6) is 5.88 Å². The van der Waals surface area contributed by atoms with Gasteiger partial charge in [-0.15, -0.1) is 0 Å². The van der Waals surface area contributed by atoms with Gasteiger partial charge in [-0.3, -0.25) is 4.98 Å². The smallest absolute Gasteiger partial charge is 0.216 e. The highest BCUT2D eigenvalue weighted by Crippen LogP contribution is 2.29. The second kappa shape index (κ2) is 6.66. The van der Waals surface area contributed by atoms with E-state index in [0.29, 0.717) is 5.88 Å². The average Bonchev–Trinajstić information content (AvgIpc) is 3.21. The van der Waals surface area contributed by atoms with Crippen LogP contribution in [0.4, 0.5) is 0 Å². The number of hydrogen-bond donors (Lipinski definition) is 0. The van der Waals surface area contributed by atoms with Crippen LogP contribution in [0.2, 0.25) is 0 Å². The minimum atomic E-state index is 0.703. The molecule has 0 amide bonds. The quantitative estimate of drug-likeness (QED) is 0.868. The van der Waals surface area contributed by atoms with Gasteiger partial charge in [0.05, 0.1) is 6.61 Å². The van der Waals surface area contributed by atoms with Crippen LogP contribution in [-0.2, 0) is 12.8 Å². The molecule has 2 aliphatic carbocycles. The molecule has 1 fully saturated rings. The number of aromatic nitrogens is 3. The van der Waals surface area contributed by atoms with Crippen molar-refractivity contribution < 1.29 is 4.74 Å². The minimum Gasteiger partial charge on any atom is -0.477 e. The molecule has 0 radical (unpaired) electrons. The van der Waals surface area contributed by atoms with Crippen molar-refractivity contribution in [2.24, 2.45) is 5.92 Å². The van der Waals surface area contributed by atoms with Gasteiger partial charge in [0.25, 0.3) is 0 Å². The van der Waals surface area contributed by atoms with Crippen molar-refractivity contribution >= 4 is 0 Å². The zero-order chi connectivity index (χ0) is 14.5. The van der Waals surface area contributed by atoms with Gasteiger partial charge in [0.1, 0.15) is 5.82 Å². The molecule has 2 aliphatic rings. The number of fused-ring (bicyclic) bond motifs is 1. The van der Waals surface area contributed by atoms with Crippen LogP contribution in [0.25, 0.3) is 0 Å². The predicted octanol–water partition coefficient (Wildman–Crippen LogP) is 3.14. The van der Waals surface area contributed by atoms with Gasteiger partial charge >= 0.3 is 0 Å². The third-order valence-corrected chi connectivity index (χ3v) is 3.81. The number of hydrogen-bond acceptors (Lipinski definition) is 4. The van der Waals surface area contributed by atoms with E-state index in [0.717, 1.165) is 18.3 Å². The zero-order valence-electron chi connectivity index (χ0n) is 12.5. The van der Waals surface area contributed by atoms with E-state index in [-0.39, 0.29) is 0 Å². The van der Waals surface area contributed by atoms with E-state index in [9.17, 15) is 0 Å². The SMILES string of the molecule is Cc1nccc(OCC2CC2)n1.c1cc2c(cn1)CCC2. The van der Waals surface area contributed by atoms with Gasteiger partial charge < -0.3 is 4.74 Å². The molecule has 4 heteroatoms. The molecule has 4 rings (SSSR count). The summed E-state index contributed by atoms with van der Waals surface area (Å²) in [7, 11) is 0. The highest BCUT2D eigenvalue weighted by Gasteiger charge is 2.22. The Morgan fingerprint density at radius 3 is 2.76 bits per heavy atom. The molecule has 2 heterocycles. The second-order valence-electron chi connectivity index (χ2n) is 5.69. The summed E-state index contributed by atoms with van der Waals surface area (Å²) in [5, 5.41) is 0. The fourth-order valence-electron chi connectivity index (χ4n) is 2.40. The van der Waals surface area contributed by atoms with Crippen LogP contribution >= 0.6 is 0 Å². The Hall–Kier alpha value is -1.97. The maximum atomic E-state index is 5.46. The maximum absolute atomic E-state index is 5.46. The topological polar surface area (TPSA) is 47.9 Å². The summed E-state index contributed by atoms with van der Waals surface area (Å²) in [6.07, 6.45) is 12.0. The molecule has 110 valence electrons. The minimum absolute atomic E-state index is 0.703. The third kappa shape index (κ3) is 4.25. The van der Waals surface area contributed by atoms with Gasteiger partial charge in [0.15, 0.2) is 0 Å². The molecular weight excluding hydrogens is 262 g/mol. The molecule has 0 spiro atoms. The van der Waals surface area contributed by atoms with Crippen LogP contribution in [0.3, 0.4) is 0 Å². The first-order chi connectivity index (χ1) is 10.3. The molecular formula is C17H21N3O. The summed E-state index contributed by atoms with van der Waals surface area (Å²) in [6, 6.07) is 3.93. The maximum Gasteiger partial charge on any atom is 0.216 e. The van der Waals surface area contributed by atoms with E-state index in [2.05, 4.69) is 21.0 Å². The molecule has 0 unspecified atom stereocenters. The van der Waals surface area contributed by atoms with Crippen LogP contribution in [0, 0.1) is 12.8 Å². The predicted molar refractivity (Wildman–Crippen MR) is 81.3 cm³/mol. The lowest BCUT2D eigenvalue weighted by atomic mass is 10.2. The van der Waals surface area contributed by atoms with E-state index in [1.807, 2.05) is 19.3 Å². The van der Waals surface area contributed by atoms with Gasteiger partial charge in [-0.25, -0.2) is 4.98 Å². The number of ether oxygens (including phenoxy) is 1. The monoisotopic (exact) mass is 283 g/mol. The van der Waals surface area contributed by atoms with E-state index >= 15 is 0 Å². The first-order valence-electron chi connectivity index (χ1n) is 7.65. The highest BCUT2D eigenvalue weighted by molar-refractivity contribution is 5.27. The molecule has 0 bridgehead atoms. The Balaban J connectivity index is 0.000000131. The van der Waals surface area contributed by atoms with Crippen LogP contribution in [0.15, 0.2) is 30.7 Å². The Morgan fingerprint density at radius 2 is 2.00 bits per heavy atom. The lowest BCUT2D eigenvalue weighted by molar-refractivity contribution is 0.287. The summed E-state index contributed by atoms with van der Waals surface area (Å²) in [5.74, 6) is 2.25. The summed E-state index contributed by atoms with van der Waals surface area (Å²) in [5.41, 5.74) is 2.96. The lowest BCUT2D eigenvalue weighted by Gasteiger charge is -2.02. The Bertz CT molecular complexity index is 573. The fraction of sp³-hybridized carbons (Fsp3) is 0.471. The molecule has 2 aromatic rings. The van der Waals surface area contributed by atoms with Crippen molar-refractivity contribution in [1.82, 2.24) is 15.0 Å². The first-order valence-corrected chi connectivity index (χ1v) is 7.65. The number of nitrogens with zero attached hydrogens (tertiary/aromatic N) is 3. The van der Waals surface area contributed by atoms with E-state index in [1.54, 1.807) is 12.3 Å². The molecule has 4 nitrogen and oxygen atoms in total. The average molecular weight is 283 g/mol. The van der Waals surface area contributed by atoms with Gasteiger partial charge in [-0.2, -0.15) is 4.98 Å². The second-order valence-corrected chi connectivity index (χ2v) is 5.69. The molecule has 2 aromatic heterocycles. The molecule has 0 atom stereocenters. The Kier molecular flexibility index (Phi) is 4.43. The van der Waals surface area contributed by atoms with Gasteiger partial charge in [0, 0.05) is 24.7 Å². The summed E-state index contributed by atoms with van der Waals surface area (Å²) in [6.45, 7) is 2.68. The first kappa shape index (κ1) is 14.0. The van der Waals surface area contributed by atoms with Crippen LogP contribution < -0.4 is 4.74 Å². The molecule has 0 N–H and O–H groups in total. The van der Waals surface area contributed by atoms with E-state index in [1.165, 1.54) is 43.2 Å². The van der Waals surface area contributed by atoms with Crippen LogP contribution in [-0.4, -0.2) is 21.6 Å². The van der Waals surface area contributed by atoms with Gasteiger partial charge in [0.2, 0.25) is 5.88 Å². The highest BCUT2D eigenvalue weighted by atomic mass is 16.5. The third-order valence-electron chi connectivity index (χ3n) is 3.81. The fourth-order valence-corrected chi connectivity index (χ4v) is 2.40. The number of pyridine rings is 1. The molecule has 0 aromatic carbocycles. The van der Waals surface area contributed by atoms with E-state index < -0.39 is 0 Å². The van der Waals surface area contributed by atoms with Crippen molar-refractivity contribution in [3.63, 3.8) is 0 Å². The summed E-state index contributed by atoms with van der Waals surface area (Å²) in [4.78, 5) is 12.2. The van der Waals surface area contributed by atoms with Crippen molar-refractivity contribution in [3.8, 4) is 5.88 Å². The summed E-state index contributed by atoms with van der Waals surface area (Å²) >= 11 is 0. The largest absolute Gasteiger partial charge is 0.477 e. The van der Waals surface area contributed by atoms with Gasteiger partial charge in [-0.05, 0) is 62.1 Å². The van der Waals surface area contributed by atoms with Crippen molar-refractivity contribution in [2.75, 3.05) is 6.61 Å². The Morgan fingerprint density at radius 1 is 1.14 bits per heavy atom. The summed E-state index contributed by atoms with van der Waals surface area (Å²) < 4.78 is 5.46.